The van der Waals surface area contributed by atoms with E-state index < -0.39 is 0 Å². The quantitative estimate of drug-likeness (QED) is 0.819. The van der Waals surface area contributed by atoms with Crippen molar-refractivity contribution >= 4 is 10.8 Å². The zero-order valence-electron chi connectivity index (χ0n) is 10.7. The third kappa shape index (κ3) is 2.44. The highest BCUT2D eigenvalue weighted by atomic mass is 16.3. The van der Waals surface area contributed by atoms with E-state index in [1.807, 2.05) is 6.07 Å². The molecule has 0 unspecified atom stereocenters. The molecule has 2 aromatic rings. The number of phenolic OH excluding ortho intramolecular Hbond substituents is 1. The van der Waals surface area contributed by atoms with E-state index in [4.69, 9.17) is 0 Å². The number of rotatable bonds is 4. The Kier molecular flexibility index (Phi) is 3.68. The summed E-state index contributed by atoms with van der Waals surface area (Å²) in [5.41, 5.74) is 2.39. The first kappa shape index (κ1) is 12.0. The average molecular weight is 228 g/mol. The highest BCUT2D eigenvalue weighted by Crippen LogP contribution is 2.29. The molecule has 0 amide bonds. The van der Waals surface area contributed by atoms with E-state index in [0.717, 1.165) is 29.2 Å². The standard InChI is InChI=1S/C16H20O/c1-3-5-6-12-7-10-15-14(11-12)9-8-13(4-2)16(15)17/h7-11,17H,3-6H2,1-2H3. The molecule has 0 aromatic heterocycles. The molecule has 0 aliphatic heterocycles. The summed E-state index contributed by atoms with van der Waals surface area (Å²) in [6, 6.07) is 10.5. The first-order chi connectivity index (χ1) is 8.26. The molecule has 0 saturated carbocycles. The number of hydrogen-bond acceptors (Lipinski definition) is 1. The summed E-state index contributed by atoms with van der Waals surface area (Å²) in [5.74, 6) is 0.451. The molecule has 0 spiro atoms. The van der Waals surface area contributed by atoms with Crippen molar-refractivity contribution in [1.82, 2.24) is 0 Å². The minimum Gasteiger partial charge on any atom is -0.507 e. The van der Waals surface area contributed by atoms with E-state index in [1.54, 1.807) is 0 Å². The number of benzene rings is 2. The Balaban J connectivity index is 2.42. The van der Waals surface area contributed by atoms with Gasteiger partial charge in [-0.3, -0.25) is 0 Å². The van der Waals surface area contributed by atoms with Gasteiger partial charge in [0.05, 0.1) is 0 Å². The first-order valence-corrected chi connectivity index (χ1v) is 6.49. The summed E-state index contributed by atoms with van der Waals surface area (Å²) in [6.45, 7) is 4.27. The summed E-state index contributed by atoms with van der Waals surface area (Å²) < 4.78 is 0. The van der Waals surface area contributed by atoms with Crippen molar-refractivity contribution in [2.24, 2.45) is 0 Å². The molecule has 0 radical (unpaired) electrons. The number of hydrogen-bond donors (Lipinski definition) is 1. The lowest BCUT2D eigenvalue weighted by Gasteiger charge is -2.08. The molecule has 0 fully saturated rings. The molecular formula is C16H20O. The van der Waals surface area contributed by atoms with Crippen molar-refractivity contribution in [3.63, 3.8) is 0 Å². The zero-order valence-corrected chi connectivity index (χ0v) is 10.7. The van der Waals surface area contributed by atoms with Crippen molar-refractivity contribution < 1.29 is 5.11 Å². The summed E-state index contributed by atoms with van der Waals surface area (Å²) in [4.78, 5) is 0. The highest BCUT2D eigenvalue weighted by Gasteiger charge is 2.05. The Morgan fingerprint density at radius 1 is 1.06 bits per heavy atom. The van der Waals surface area contributed by atoms with E-state index in [-0.39, 0.29) is 0 Å². The van der Waals surface area contributed by atoms with Gasteiger partial charge in [-0.1, -0.05) is 50.6 Å². The Hall–Kier alpha value is -1.50. The molecule has 0 bridgehead atoms. The first-order valence-electron chi connectivity index (χ1n) is 6.49. The lowest BCUT2D eigenvalue weighted by molar-refractivity contribution is 0.475. The third-order valence-corrected chi connectivity index (χ3v) is 3.34. The van der Waals surface area contributed by atoms with E-state index >= 15 is 0 Å². The summed E-state index contributed by atoms with van der Waals surface area (Å²) in [5, 5.41) is 12.2. The van der Waals surface area contributed by atoms with Crippen molar-refractivity contribution in [3.8, 4) is 5.75 Å². The Morgan fingerprint density at radius 3 is 2.59 bits per heavy atom. The van der Waals surface area contributed by atoms with Crippen LogP contribution < -0.4 is 0 Å². The maximum Gasteiger partial charge on any atom is 0.126 e. The normalized spacial score (nSPS) is 10.9. The van der Waals surface area contributed by atoms with Crippen LogP contribution in [0.1, 0.15) is 37.8 Å². The smallest absolute Gasteiger partial charge is 0.126 e. The van der Waals surface area contributed by atoms with Crippen LogP contribution in [0.15, 0.2) is 30.3 Å². The second-order valence-corrected chi connectivity index (χ2v) is 4.59. The third-order valence-electron chi connectivity index (χ3n) is 3.34. The molecule has 0 saturated heterocycles. The van der Waals surface area contributed by atoms with Crippen LogP contribution in [0.5, 0.6) is 5.75 Å². The average Bonchev–Trinajstić information content (AvgIpc) is 2.37. The number of fused-ring (bicyclic) bond motifs is 1. The topological polar surface area (TPSA) is 20.2 Å². The van der Waals surface area contributed by atoms with Gasteiger partial charge in [0.15, 0.2) is 0 Å². The molecule has 2 aromatic carbocycles. The van der Waals surface area contributed by atoms with Crippen LogP contribution in [0.3, 0.4) is 0 Å². The molecule has 17 heavy (non-hydrogen) atoms. The van der Waals surface area contributed by atoms with E-state index in [0.29, 0.717) is 5.75 Å². The summed E-state index contributed by atoms with van der Waals surface area (Å²) in [7, 11) is 0. The van der Waals surface area contributed by atoms with Crippen LogP contribution in [-0.4, -0.2) is 5.11 Å². The monoisotopic (exact) mass is 228 g/mol. The molecule has 0 heterocycles. The molecule has 2 rings (SSSR count). The fourth-order valence-corrected chi connectivity index (χ4v) is 2.23. The Bertz CT molecular complexity index is 514. The Morgan fingerprint density at radius 2 is 1.88 bits per heavy atom. The lowest BCUT2D eigenvalue weighted by atomic mass is 10.00. The summed E-state index contributed by atoms with van der Waals surface area (Å²) >= 11 is 0. The van der Waals surface area contributed by atoms with Gasteiger partial charge in [-0.15, -0.1) is 0 Å². The molecule has 0 aliphatic rings. The van der Waals surface area contributed by atoms with Crippen molar-refractivity contribution in [2.45, 2.75) is 39.5 Å². The molecule has 0 atom stereocenters. The minimum absolute atomic E-state index is 0.451. The van der Waals surface area contributed by atoms with Gasteiger partial charge in [0, 0.05) is 5.39 Å². The minimum atomic E-state index is 0.451. The predicted octanol–water partition coefficient (Wildman–Crippen LogP) is 4.45. The van der Waals surface area contributed by atoms with Crippen LogP contribution in [0.2, 0.25) is 0 Å². The van der Waals surface area contributed by atoms with Gasteiger partial charge < -0.3 is 5.11 Å². The van der Waals surface area contributed by atoms with Gasteiger partial charge in [-0.2, -0.15) is 0 Å². The van der Waals surface area contributed by atoms with E-state index in [1.165, 1.54) is 18.4 Å². The zero-order chi connectivity index (χ0) is 12.3. The number of unbranched alkanes of at least 4 members (excludes halogenated alkanes) is 1. The predicted molar refractivity (Wildman–Crippen MR) is 73.6 cm³/mol. The van der Waals surface area contributed by atoms with E-state index in [2.05, 4.69) is 38.1 Å². The molecule has 0 aliphatic carbocycles. The highest BCUT2D eigenvalue weighted by molar-refractivity contribution is 5.89. The fourth-order valence-electron chi connectivity index (χ4n) is 2.23. The van der Waals surface area contributed by atoms with Gasteiger partial charge in [0.1, 0.15) is 5.75 Å². The van der Waals surface area contributed by atoms with Crippen LogP contribution in [0, 0.1) is 0 Å². The van der Waals surface area contributed by atoms with Crippen LogP contribution in [0.25, 0.3) is 10.8 Å². The van der Waals surface area contributed by atoms with Crippen LogP contribution in [-0.2, 0) is 12.8 Å². The molecular weight excluding hydrogens is 208 g/mol. The maximum atomic E-state index is 10.1. The summed E-state index contributed by atoms with van der Waals surface area (Å²) in [6.07, 6.45) is 4.45. The van der Waals surface area contributed by atoms with Crippen molar-refractivity contribution in [1.29, 1.82) is 0 Å². The van der Waals surface area contributed by atoms with Gasteiger partial charge in [0.25, 0.3) is 0 Å². The van der Waals surface area contributed by atoms with Crippen LogP contribution >= 0.6 is 0 Å². The molecule has 1 heteroatoms. The molecule has 1 N–H and O–H groups in total. The van der Waals surface area contributed by atoms with E-state index in [9.17, 15) is 5.11 Å². The second kappa shape index (κ2) is 5.22. The van der Waals surface area contributed by atoms with Crippen molar-refractivity contribution in [2.75, 3.05) is 0 Å². The van der Waals surface area contributed by atoms with Crippen molar-refractivity contribution in [3.05, 3.63) is 41.5 Å². The van der Waals surface area contributed by atoms with Gasteiger partial charge in [0.2, 0.25) is 0 Å². The van der Waals surface area contributed by atoms with Gasteiger partial charge in [-0.25, -0.2) is 0 Å². The maximum absolute atomic E-state index is 10.1. The number of phenols is 1. The van der Waals surface area contributed by atoms with Crippen LogP contribution in [0.4, 0.5) is 0 Å². The SMILES string of the molecule is CCCCc1ccc2c(O)c(CC)ccc2c1. The Labute approximate surface area is 103 Å². The van der Waals surface area contributed by atoms with Gasteiger partial charge >= 0.3 is 0 Å². The molecule has 90 valence electrons. The largest absolute Gasteiger partial charge is 0.507 e. The second-order valence-electron chi connectivity index (χ2n) is 4.59. The number of aromatic hydroxyl groups is 1. The fraction of sp³-hybridized carbons (Fsp3) is 0.375. The van der Waals surface area contributed by atoms with Gasteiger partial charge in [-0.05, 0) is 35.8 Å². The number of aryl methyl sites for hydroxylation is 2. The molecule has 1 nitrogen and oxygen atoms in total. The lowest BCUT2D eigenvalue weighted by Crippen LogP contribution is -1.87.